The third kappa shape index (κ3) is 8.05. The van der Waals surface area contributed by atoms with Crippen molar-refractivity contribution in [1.29, 1.82) is 0 Å². The summed E-state index contributed by atoms with van der Waals surface area (Å²) in [4.78, 5) is 0.126. The summed E-state index contributed by atoms with van der Waals surface area (Å²) in [6.45, 7) is 6.04. The molecule has 2 rings (SSSR count). The van der Waals surface area contributed by atoms with Crippen molar-refractivity contribution >= 4 is 39.1 Å². The van der Waals surface area contributed by atoms with E-state index in [0.29, 0.717) is 0 Å². The van der Waals surface area contributed by atoms with Crippen LogP contribution >= 0.6 is 12.2 Å². The molecule has 0 amide bonds. The molecule has 0 spiro atoms. The fraction of sp³-hybridized carbons (Fsp3) is 0.235. The van der Waals surface area contributed by atoms with Gasteiger partial charge in [-0.2, -0.15) is 0 Å². The molecule has 0 aliphatic rings. The summed E-state index contributed by atoms with van der Waals surface area (Å²) in [5, 5.41) is 10.7. The highest BCUT2D eigenvalue weighted by molar-refractivity contribution is 7.89. The van der Waals surface area contributed by atoms with E-state index in [-0.39, 0.29) is 4.90 Å². The van der Waals surface area contributed by atoms with Crippen LogP contribution in [-0.4, -0.2) is 21.0 Å². The van der Waals surface area contributed by atoms with Gasteiger partial charge in [0, 0.05) is 18.4 Å². The van der Waals surface area contributed by atoms with Gasteiger partial charge in [-0.25, -0.2) is 13.6 Å². The molecular weight excluding hydrogens is 342 g/mol. The molecule has 0 radical (unpaired) electrons. The Morgan fingerprint density at radius 3 is 2.00 bits per heavy atom. The fourth-order valence-corrected chi connectivity index (χ4v) is 2.25. The molecule has 2 aromatic rings. The van der Waals surface area contributed by atoms with Gasteiger partial charge in [-0.15, -0.1) is 0 Å². The molecule has 0 bridgehead atoms. The molecule has 0 saturated carbocycles. The minimum atomic E-state index is -3.56. The normalized spacial score (nSPS) is 9.54. The molecule has 132 valence electrons. The van der Waals surface area contributed by atoms with Crippen LogP contribution in [0.5, 0.6) is 0 Å². The number of primary sulfonamides is 1. The van der Waals surface area contributed by atoms with Crippen LogP contribution in [0.25, 0.3) is 0 Å². The summed E-state index contributed by atoms with van der Waals surface area (Å²) < 4.78 is 21.6. The van der Waals surface area contributed by atoms with E-state index >= 15 is 0 Å². The molecule has 0 aromatic heterocycles. The molecule has 0 aliphatic heterocycles. The van der Waals surface area contributed by atoms with Crippen LogP contribution in [0.2, 0.25) is 0 Å². The first-order valence-electron chi connectivity index (χ1n) is 7.45. The van der Waals surface area contributed by atoms with Crippen LogP contribution in [0.1, 0.15) is 19.4 Å². The zero-order valence-corrected chi connectivity index (χ0v) is 16.0. The van der Waals surface area contributed by atoms with E-state index < -0.39 is 10.0 Å². The molecule has 0 heterocycles. The number of hydrogen-bond donors (Lipinski definition) is 3. The van der Waals surface area contributed by atoms with Crippen LogP contribution in [0.4, 0.5) is 11.4 Å². The molecule has 0 unspecified atom stereocenters. The highest BCUT2D eigenvalue weighted by Gasteiger charge is 2.05. The zero-order chi connectivity index (χ0) is 18.6. The summed E-state index contributed by atoms with van der Waals surface area (Å²) in [6, 6.07) is 14.2. The van der Waals surface area contributed by atoms with Gasteiger partial charge < -0.3 is 10.6 Å². The Bertz CT molecular complexity index is 715. The van der Waals surface area contributed by atoms with E-state index in [4.69, 9.17) is 5.14 Å². The first-order chi connectivity index (χ1) is 11.4. The number of benzene rings is 2. The molecule has 0 atom stereocenters. The predicted octanol–water partition coefficient (Wildman–Crippen LogP) is 3.77. The molecule has 4 N–H and O–H groups in total. The second-order valence-corrected chi connectivity index (χ2v) is 6.19. The smallest absolute Gasteiger partial charge is 0.238 e. The van der Waals surface area contributed by atoms with Gasteiger partial charge in [-0.05, 0) is 42.8 Å². The molecule has 24 heavy (non-hydrogen) atoms. The second kappa shape index (κ2) is 11.6. The standard InChI is InChI=1S/C8H9NS.C7H10N2O2S.C2H6/c1-7-4-2-3-5-8(7)9-6-10;1-9-6-2-4-7(5-3-6)12(8,10)11;1-2/h2-6H,1H3,(H,9,10);2-5,9H,1H3,(H2,8,10,11);1-2H3. The lowest BCUT2D eigenvalue weighted by Crippen LogP contribution is -2.11. The third-order valence-corrected chi connectivity index (χ3v) is 3.88. The maximum Gasteiger partial charge on any atom is 0.238 e. The van der Waals surface area contributed by atoms with Gasteiger partial charge in [0.2, 0.25) is 10.0 Å². The van der Waals surface area contributed by atoms with Crippen molar-refractivity contribution in [2.75, 3.05) is 17.7 Å². The van der Waals surface area contributed by atoms with Crippen LogP contribution < -0.4 is 15.8 Å². The Labute approximate surface area is 150 Å². The number of rotatable bonds is 4. The molecule has 2 aromatic carbocycles. The van der Waals surface area contributed by atoms with Crippen LogP contribution in [0, 0.1) is 6.92 Å². The molecule has 0 saturated heterocycles. The fourth-order valence-electron chi connectivity index (χ4n) is 1.61. The number of para-hydroxylation sites is 1. The Morgan fingerprint density at radius 2 is 1.58 bits per heavy atom. The molecule has 7 heteroatoms. The highest BCUT2D eigenvalue weighted by Crippen LogP contribution is 2.12. The first kappa shape index (κ1) is 22.0. The number of nitrogens with one attached hydrogen (secondary N) is 2. The minimum absolute atomic E-state index is 0.126. The first-order valence-corrected chi connectivity index (χ1v) is 9.46. The zero-order valence-electron chi connectivity index (χ0n) is 14.4. The van der Waals surface area contributed by atoms with Gasteiger partial charge in [-0.1, -0.05) is 44.3 Å². The second-order valence-electron chi connectivity index (χ2n) is 4.40. The molecule has 0 fully saturated rings. The summed E-state index contributed by atoms with van der Waals surface area (Å²) >= 11 is 4.66. The monoisotopic (exact) mass is 367 g/mol. The van der Waals surface area contributed by atoms with E-state index in [1.54, 1.807) is 19.2 Å². The number of anilines is 2. The van der Waals surface area contributed by atoms with E-state index in [9.17, 15) is 8.42 Å². The number of hydrogen-bond acceptors (Lipinski definition) is 4. The number of sulfonamides is 1. The SMILES string of the molecule is CC.CNc1ccc(S(N)(=O)=O)cc1.Cc1ccccc1NC=S. The Hall–Kier alpha value is -1.96. The summed E-state index contributed by atoms with van der Waals surface area (Å²) in [7, 11) is -1.80. The number of aryl methyl sites for hydroxylation is 1. The highest BCUT2D eigenvalue weighted by atomic mass is 32.2. The molecule has 0 aliphatic carbocycles. The lowest BCUT2D eigenvalue weighted by atomic mass is 10.2. The van der Waals surface area contributed by atoms with E-state index in [2.05, 4.69) is 22.9 Å². The maximum absolute atomic E-state index is 10.8. The van der Waals surface area contributed by atoms with E-state index in [1.165, 1.54) is 23.2 Å². The largest absolute Gasteiger partial charge is 0.388 e. The van der Waals surface area contributed by atoms with Crippen LogP contribution in [-0.2, 0) is 10.0 Å². The Balaban J connectivity index is 0.000000405. The van der Waals surface area contributed by atoms with Crippen molar-refractivity contribution in [2.24, 2.45) is 5.14 Å². The maximum atomic E-state index is 10.8. The Morgan fingerprint density at radius 1 is 1.04 bits per heavy atom. The Kier molecular flexibility index (Phi) is 10.6. The quantitative estimate of drug-likeness (QED) is 0.717. The summed E-state index contributed by atoms with van der Waals surface area (Å²) in [6.07, 6.45) is 0. The van der Waals surface area contributed by atoms with Gasteiger partial charge in [0.25, 0.3) is 0 Å². The van der Waals surface area contributed by atoms with Gasteiger partial charge in [0.15, 0.2) is 0 Å². The lowest BCUT2D eigenvalue weighted by Gasteiger charge is -2.01. The van der Waals surface area contributed by atoms with Gasteiger partial charge in [-0.3, -0.25) is 0 Å². The van der Waals surface area contributed by atoms with Crippen LogP contribution in [0.15, 0.2) is 53.4 Å². The minimum Gasteiger partial charge on any atom is -0.388 e. The summed E-state index contributed by atoms with van der Waals surface area (Å²) in [5.74, 6) is 0. The van der Waals surface area contributed by atoms with Crippen molar-refractivity contribution < 1.29 is 8.42 Å². The number of nitrogens with two attached hydrogens (primary N) is 1. The van der Waals surface area contributed by atoms with E-state index in [0.717, 1.165) is 11.4 Å². The van der Waals surface area contributed by atoms with Crippen molar-refractivity contribution in [3.63, 3.8) is 0 Å². The van der Waals surface area contributed by atoms with Crippen LogP contribution in [0.3, 0.4) is 0 Å². The van der Waals surface area contributed by atoms with Crippen molar-refractivity contribution in [2.45, 2.75) is 25.7 Å². The van der Waals surface area contributed by atoms with Crippen molar-refractivity contribution in [3.05, 3.63) is 54.1 Å². The number of thiocarbonyl (C=S) groups is 1. The average molecular weight is 368 g/mol. The average Bonchev–Trinajstić information content (AvgIpc) is 2.59. The predicted molar refractivity (Wildman–Crippen MR) is 107 cm³/mol. The lowest BCUT2D eigenvalue weighted by molar-refractivity contribution is 0.598. The van der Waals surface area contributed by atoms with Gasteiger partial charge >= 0.3 is 0 Å². The van der Waals surface area contributed by atoms with Gasteiger partial charge in [0.1, 0.15) is 0 Å². The van der Waals surface area contributed by atoms with Crippen molar-refractivity contribution in [1.82, 2.24) is 0 Å². The van der Waals surface area contributed by atoms with Crippen molar-refractivity contribution in [3.8, 4) is 0 Å². The molecular formula is C17H25N3O2S2. The van der Waals surface area contributed by atoms with E-state index in [1.807, 2.05) is 45.0 Å². The van der Waals surface area contributed by atoms with Gasteiger partial charge in [0.05, 0.1) is 10.4 Å². The molecule has 5 nitrogen and oxygen atoms in total. The third-order valence-electron chi connectivity index (χ3n) is 2.83. The topological polar surface area (TPSA) is 84.2 Å². The summed E-state index contributed by atoms with van der Waals surface area (Å²) in [5.41, 5.74) is 4.66.